The maximum atomic E-state index is 12.3. The number of carbonyl (C=O) groups excluding carboxylic acids is 1. The van der Waals surface area contributed by atoms with E-state index in [9.17, 15) is 18.4 Å². The molecule has 1 atom stereocenters. The molecule has 0 radical (unpaired) electrons. The Kier molecular flexibility index (Phi) is 5.86. The van der Waals surface area contributed by atoms with Gasteiger partial charge in [-0.2, -0.15) is 8.78 Å². The molecule has 126 valence electrons. The lowest BCUT2D eigenvalue weighted by atomic mass is 10.1. The van der Waals surface area contributed by atoms with Gasteiger partial charge in [0.05, 0.1) is 19.6 Å². The standard InChI is InChI=1S/C15H17F2NO5/c16-15(17)23-11-3-1-2-10(8-11)12-9-18(6-7-22-12)13(19)4-5-14(20)21/h1-3,8,12,15H,4-7,9H2,(H,20,21). The number of nitrogens with zero attached hydrogens (tertiary/aromatic N) is 1. The maximum Gasteiger partial charge on any atom is 0.387 e. The summed E-state index contributed by atoms with van der Waals surface area (Å²) in [5.74, 6) is -1.27. The molecule has 1 N–H and O–H groups in total. The van der Waals surface area contributed by atoms with Crippen molar-refractivity contribution in [2.24, 2.45) is 0 Å². The van der Waals surface area contributed by atoms with Crippen LogP contribution in [0.4, 0.5) is 8.78 Å². The van der Waals surface area contributed by atoms with Crippen LogP contribution in [0.5, 0.6) is 5.75 Å². The van der Waals surface area contributed by atoms with Crippen LogP contribution in [0.1, 0.15) is 24.5 Å². The normalized spacial score (nSPS) is 18.0. The van der Waals surface area contributed by atoms with Crippen LogP contribution in [0.25, 0.3) is 0 Å². The lowest BCUT2D eigenvalue weighted by Gasteiger charge is -2.33. The molecule has 1 aliphatic rings. The second-order valence-electron chi connectivity index (χ2n) is 5.04. The van der Waals surface area contributed by atoms with Gasteiger partial charge in [-0.25, -0.2) is 0 Å². The van der Waals surface area contributed by atoms with E-state index in [1.807, 2.05) is 0 Å². The van der Waals surface area contributed by atoms with E-state index >= 15 is 0 Å². The van der Waals surface area contributed by atoms with Crippen molar-refractivity contribution in [1.82, 2.24) is 4.90 Å². The molecule has 1 aromatic rings. The van der Waals surface area contributed by atoms with Crippen molar-refractivity contribution in [3.8, 4) is 5.75 Å². The largest absolute Gasteiger partial charge is 0.481 e. The molecule has 1 amide bonds. The number of rotatable bonds is 6. The average molecular weight is 329 g/mol. The molecule has 1 fully saturated rings. The van der Waals surface area contributed by atoms with Crippen molar-refractivity contribution < 1.29 is 33.0 Å². The van der Waals surface area contributed by atoms with Crippen LogP contribution in [0.3, 0.4) is 0 Å². The van der Waals surface area contributed by atoms with E-state index in [0.29, 0.717) is 18.7 Å². The molecule has 0 aromatic heterocycles. The summed E-state index contributed by atoms with van der Waals surface area (Å²) in [6.45, 7) is -1.99. The Morgan fingerprint density at radius 1 is 1.39 bits per heavy atom. The van der Waals surface area contributed by atoms with Crippen molar-refractivity contribution >= 4 is 11.9 Å². The van der Waals surface area contributed by atoms with Gasteiger partial charge < -0.3 is 19.5 Å². The van der Waals surface area contributed by atoms with E-state index in [-0.39, 0.29) is 31.0 Å². The van der Waals surface area contributed by atoms with E-state index in [1.54, 1.807) is 12.1 Å². The minimum absolute atomic E-state index is 0.0235. The summed E-state index contributed by atoms with van der Waals surface area (Å²) >= 11 is 0. The molecule has 0 bridgehead atoms. The molecule has 1 aromatic carbocycles. The summed E-state index contributed by atoms with van der Waals surface area (Å²) in [6.07, 6.45) is -0.756. The highest BCUT2D eigenvalue weighted by molar-refractivity contribution is 5.80. The zero-order valence-electron chi connectivity index (χ0n) is 12.3. The number of alkyl halides is 2. The first-order valence-corrected chi connectivity index (χ1v) is 7.11. The van der Waals surface area contributed by atoms with Gasteiger partial charge in [0.1, 0.15) is 11.9 Å². The third kappa shape index (κ3) is 5.17. The summed E-state index contributed by atoms with van der Waals surface area (Å²) in [4.78, 5) is 24.0. The molecule has 0 aliphatic carbocycles. The topological polar surface area (TPSA) is 76.1 Å². The molecule has 2 rings (SSSR count). The van der Waals surface area contributed by atoms with Crippen LogP contribution in [-0.4, -0.2) is 48.2 Å². The predicted molar refractivity (Wildman–Crippen MR) is 75.2 cm³/mol. The smallest absolute Gasteiger partial charge is 0.387 e. The highest BCUT2D eigenvalue weighted by Gasteiger charge is 2.26. The van der Waals surface area contributed by atoms with E-state index in [4.69, 9.17) is 9.84 Å². The van der Waals surface area contributed by atoms with Crippen LogP contribution in [0.2, 0.25) is 0 Å². The number of hydrogen-bond acceptors (Lipinski definition) is 4. The summed E-state index contributed by atoms with van der Waals surface area (Å²) in [5, 5.41) is 8.62. The maximum absolute atomic E-state index is 12.3. The molecular formula is C15H17F2NO5. The highest BCUT2D eigenvalue weighted by atomic mass is 19.3. The van der Waals surface area contributed by atoms with Gasteiger partial charge in [0.25, 0.3) is 0 Å². The van der Waals surface area contributed by atoms with Gasteiger partial charge in [0, 0.05) is 13.0 Å². The minimum Gasteiger partial charge on any atom is -0.481 e. The summed E-state index contributed by atoms with van der Waals surface area (Å²) in [7, 11) is 0. The quantitative estimate of drug-likeness (QED) is 0.864. The molecule has 8 heteroatoms. The van der Waals surface area contributed by atoms with Crippen LogP contribution in [-0.2, 0) is 14.3 Å². The van der Waals surface area contributed by atoms with E-state index in [1.165, 1.54) is 17.0 Å². The average Bonchev–Trinajstić information content (AvgIpc) is 2.52. The summed E-state index contributed by atoms with van der Waals surface area (Å²) in [6, 6.07) is 6.13. The summed E-state index contributed by atoms with van der Waals surface area (Å²) in [5.41, 5.74) is 0.624. The molecule has 1 heterocycles. The molecule has 0 saturated carbocycles. The molecule has 0 spiro atoms. The van der Waals surface area contributed by atoms with Gasteiger partial charge >= 0.3 is 12.6 Å². The number of aliphatic carboxylic acids is 1. The number of hydrogen-bond donors (Lipinski definition) is 1. The van der Waals surface area contributed by atoms with E-state index < -0.39 is 18.7 Å². The fraction of sp³-hybridized carbons (Fsp3) is 0.467. The molecule has 23 heavy (non-hydrogen) atoms. The Bertz CT molecular complexity index is 567. The van der Waals surface area contributed by atoms with Crippen molar-refractivity contribution in [1.29, 1.82) is 0 Å². The second kappa shape index (κ2) is 7.87. The van der Waals surface area contributed by atoms with Crippen LogP contribution < -0.4 is 4.74 Å². The molecule has 1 saturated heterocycles. The first-order valence-electron chi connectivity index (χ1n) is 7.11. The van der Waals surface area contributed by atoms with Gasteiger partial charge in [-0.15, -0.1) is 0 Å². The zero-order valence-corrected chi connectivity index (χ0v) is 12.3. The van der Waals surface area contributed by atoms with Crippen molar-refractivity contribution in [3.63, 3.8) is 0 Å². The van der Waals surface area contributed by atoms with E-state index in [2.05, 4.69) is 4.74 Å². The zero-order chi connectivity index (χ0) is 16.8. The van der Waals surface area contributed by atoms with Crippen LogP contribution >= 0.6 is 0 Å². The van der Waals surface area contributed by atoms with Gasteiger partial charge in [-0.3, -0.25) is 9.59 Å². The van der Waals surface area contributed by atoms with Crippen molar-refractivity contribution in [2.75, 3.05) is 19.7 Å². The SMILES string of the molecule is O=C(O)CCC(=O)N1CCOC(c2cccc(OC(F)F)c2)C1. The number of benzene rings is 1. The number of ether oxygens (including phenoxy) is 2. The lowest BCUT2D eigenvalue weighted by molar-refractivity contribution is -0.144. The Labute approximate surface area is 131 Å². The molecule has 6 nitrogen and oxygen atoms in total. The van der Waals surface area contributed by atoms with Gasteiger partial charge in [0.15, 0.2) is 0 Å². The second-order valence-corrected chi connectivity index (χ2v) is 5.04. The Morgan fingerprint density at radius 3 is 2.87 bits per heavy atom. The van der Waals surface area contributed by atoms with Crippen molar-refractivity contribution in [3.05, 3.63) is 29.8 Å². The Balaban J connectivity index is 2.00. The third-order valence-corrected chi connectivity index (χ3v) is 3.43. The minimum atomic E-state index is -2.91. The Morgan fingerprint density at radius 2 is 2.17 bits per heavy atom. The molecule has 1 aliphatic heterocycles. The fourth-order valence-electron chi connectivity index (χ4n) is 2.34. The first kappa shape index (κ1) is 17.1. The number of halogens is 2. The van der Waals surface area contributed by atoms with Crippen molar-refractivity contribution in [2.45, 2.75) is 25.6 Å². The van der Waals surface area contributed by atoms with Gasteiger partial charge in [0.2, 0.25) is 5.91 Å². The predicted octanol–water partition coefficient (Wildman–Crippen LogP) is 2.05. The van der Waals surface area contributed by atoms with Gasteiger partial charge in [-0.1, -0.05) is 12.1 Å². The third-order valence-electron chi connectivity index (χ3n) is 3.43. The molecule has 1 unspecified atom stereocenters. The van der Waals surface area contributed by atoms with Gasteiger partial charge in [-0.05, 0) is 17.7 Å². The first-order chi connectivity index (χ1) is 11.0. The number of amides is 1. The highest BCUT2D eigenvalue weighted by Crippen LogP contribution is 2.26. The number of morpholine rings is 1. The monoisotopic (exact) mass is 329 g/mol. The number of carbonyl (C=O) groups is 2. The van der Waals surface area contributed by atoms with E-state index in [0.717, 1.165) is 0 Å². The fourth-order valence-corrected chi connectivity index (χ4v) is 2.34. The summed E-state index contributed by atoms with van der Waals surface area (Å²) < 4.78 is 34.4. The van der Waals surface area contributed by atoms with Crippen LogP contribution in [0, 0.1) is 0 Å². The van der Waals surface area contributed by atoms with Crippen LogP contribution in [0.15, 0.2) is 24.3 Å². The Hall–Kier alpha value is -2.22. The lowest BCUT2D eigenvalue weighted by Crippen LogP contribution is -2.42. The molecular weight excluding hydrogens is 312 g/mol. The number of carboxylic acids is 1. The number of carboxylic acid groups (broad SMARTS) is 1.